The highest BCUT2D eigenvalue weighted by Gasteiger charge is 2.44. The summed E-state index contributed by atoms with van der Waals surface area (Å²) >= 11 is 0. The molecule has 1 aromatic rings. The minimum Gasteiger partial charge on any atom is -0.205 e. The first-order valence-electron chi connectivity index (χ1n) is 6.56. The second kappa shape index (κ2) is 5.66. The van der Waals surface area contributed by atoms with Crippen LogP contribution in [-0.2, 0) is 5.41 Å². The number of benzene rings is 1. The molecule has 0 saturated heterocycles. The van der Waals surface area contributed by atoms with E-state index < -0.39 is 0 Å². The van der Waals surface area contributed by atoms with E-state index in [1.807, 2.05) is 30.3 Å². The molecule has 2 rings (SSSR count). The molecule has 1 saturated carbocycles. The Labute approximate surface area is 119 Å². The van der Waals surface area contributed by atoms with E-state index in [-0.39, 0.29) is 5.41 Å². The average molecular weight is 263 g/mol. The standard InChI is InChI=1S/C17H17N3/c1-3-14(5-4-13(2)20-19)15-6-8-16(9-7-15)17(12-18)10-11-17/h3-9,19H,1,10-11H2,2H3/b13-4+,14-5+,20-19?. The van der Waals surface area contributed by atoms with E-state index in [0.29, 0.717) is 5.70 Å². The quantitative estimate of drug-likeness (QED) is 0.605. The third-order valence-electron chi connectivity index (χ3n) is 3.64. The summed E-state index contributed by atoms with van der Waals surface area (Å²) in [6, 6.07) is 10.5. The van der Waals surface area contributed by atoms with Gasteiger partial charge in [-0.05, 0) is 42.5 Å². The van der Waals surface area contributed by atoms with Crippen molar-refractivity contribution in [3.63, 3.8) is 0 Å². The van der Waals surface area contributed by atoms with E-state index in [4.69, 9.17) is 5.53 Å². The Balaban J connectivity index is 2.27. The Morgan fingerprint density at radius 2 is 2.00 bits per heavy atom. The molecule has 0 bridgehead atoms. The van der Waals surface area contributed by atoms with Crippen molar-refractivity contribution in [1.29, 1.82) is 10.8 Å². The van der Waals surface area contributed by atoms with Gasteiger partial charge in [0.1, 0.15) is 0 Å². The molecular weight excluding hydrogens is 246 g/mol. The lowest BCUT2D eigenvalue weighted by molar-refractivity contribution is 0.908. The highest BCUT2D eigenvalue weighted by atomic mass is 15.0. The molecule has 1 N–H and O–H groups in total. The van der Waals surface area contributed by atoms with Crippen molar-refractivity contribution >= 4 is 5.57 Å². The number of nitrogens with zero attached hydrogens (tertiary/aromatic N) is 2. The molecule has 0 unspecified atom stereocenters. The van der Waals surface area contributed by atoms with Crippen LogP contribution in [0, 0.1) is 16.9 Å². The van der Waals surface area contributed by atoms with Gasteiger partial charge in [0, 0.05) is 0 Å². The molecule has 1 aromatic carbocycles. The third kappa shape index (κ3) is 2.75. The van der Waals surface area contributed by atoms with Crippen molar-refractivity contribution in [3.05, 3.63) is 65.9 Å². The van der Waals surface area contributed by atoms with Crippen LogP contribution >= 0.6 is 0 Å². The van der Waals surface area contributed by atoms with Gasteiger partial charge in [0.2, 0.25) is 0 Å². The number of hydrogen-bond donors (Lipinski definition) is 1. The van der Waals surface area contributed by atoms with Crippen molar-refractivity contribution < 1.29 is 0 Å². The van der Waals surface area contributed by atoms with E-state index in [9.17, 15) is 5.26 Å². The Morgan fingerprint density at radius 3 is 2.45 bits per heavy atom. The first kappa shape index (κ1) is 14.0. The van der Waals surface area contributed by atoms with Crippen LogP contribution in [0.25, 0.3) is 5.57 Å². The first-order valence-corrected chi connectivity index (χ1v) is 6.56. The van der Waals surface area contributed by atoms with Crippen LogP contribution in [0.5, 0.6) is 0 Å². The van der Waals surface area contributed by atoms with Crippen molar-refractivity contribution in [1.82, 2.24) is 0 Å². The van der Waals surface area contributed by atoms with Gasteiger partial charge in [-0.15, -0.1) is 0 Å². The van der Waals surface area contributed by atoms with Gasteiger partial charge < -0.3 is 0 Å². The summed E-state index contributed by atoms with van der Waals surface area (Å²) in [6.07, 6.45) is 7.38. The fraction of sp³-hybridized carbons (Fsp3) is 0.235. The summed E-state index contributed by atoms with van der Waals surface area (Å²) in [5.41, 5.74) is 10.4. The van der Waals surface area contributed by atoms with Gasteiger partial charge >= 0.3 is 0 Å². The summed E-state index contributed by atoms with van der Waals surface area (Å²) in [7, 11) is 0. The molecule has 0 radical (unpaired) electrons. The molecule has 1 aliphatic carbocycles. The van der Waals surface area contributed by atoms with Crippen LogP contribution in [0.1, 0.15) is 30.9 Å². The highest BCUT2D eigenvalue weighted by molar-refractivity contribution is 5.75. The summed E-state index contributed by atoms with van der Waals surface area (Å²) < 4.78 is 0. The second-order valence-electron chi connectivity index (χ2n) is 5.02. The second-order valence-corrected chi connectivity index (χ2v) is 5.02. The predicted molar refractivity (Wildman–Crippen MR) is 80.0 cm³/mol. The number of nitrogens with one attached hydrogen (secondary N) is 1. The molecule has 0 atom stereocenters. The van der Waals surface area contributed by atoms with Gasteiger partial charge in [0.05, 0.1) is 17.2 Å². The molecular formula is C17H17N3. The van der Waals surface area contributed by atoms with Crippen LogP contribution in [-0.4, -0.2) is 0 Å². The largest absolute Gasteiger partial charge is 0.205 e. The number of hydrogen-bond acceptors (Lipinski definition) is 3. The molecule has 20 heavy (non-hydrogen) atoms. The fourth-order valence-corrected chi connectivity index (χ4v) is 2.10. The number of rotatable bonds is 5. The van der Waals surface area contributed by atoms with Gasteiger partial charge in [0.25, 0.3) is 0 Å². The minimum absolute atomic E-state index is 0.239. The Morgan fingerprint density at radius 1 is 1.35 bits per heavy atom. The molecule has 1 fully saturated rings. The molecule has 3 nitrogen and oxygen atoms in total. The van der Waals surface area contributed by atoms with Crippen LogP contribution in [0.15, 0.2) is 59.9 Å². The Bertz CT molecular complexity index is 623. The van der Waals surface area contributed by atoms with Gasteiger partial charge in [-0.3, -0.25) is 0 Å². The van der Waals surface area contributed by atoms with Gasteiger partial charge in [0.15, 0.2) is 0 Å². The van der Waals surface area contributed by atoms with Crippen LogP contribution in [0.2, 0.25) is 0 Å². The summed E-state index contributed by atoms with van der Waals surface area (Å²) in [5, 5.41) is 12.5. The first-order chi connectivity index (χ1) is 9.65. The SMILES string of the molecule is C=C/C(=C\C=C(/C)N=N)c1ccc(C2(C#N)CC2)cc1. The number of allylic oxidation sites excluding steroid dienone is 5. The Kier molecular flexibility index (Phi) is 3.95. The smallest absolute Gasteiger partial charge is 0.0823 e. The lowest BCUT2D eigenvalue weighted by Gasteiger charge is -2.08. The zero-order chi connectivity index (χ0) is 14.6. The van der Waals surface area contributed by atoms with E-state index in [2.05, 4.69) is 17.8 Å². The maximum Gasteiger partial charge on any atom is 0.0823 e. The van der Waals surface area contributed by atoms with Gasteiger partial charge in [-0.1, -0.05) is 43.0 Å². The third-order valence-corrected chi connectivity index (χ3v) is 3.64. The zero-order valence-corrected chi connectivity index (χ0v) is 11.6. The van der Waals surface area contributed by atoms with Crippen LogP contribution in [0.4, 0.5) is 0 Å². The topological polar surface area (TPSA) is 60.0 Å². The molecule has 0 amide bonds. The molecule has 0 heterocycles. The van der Waals surface area contributed by atoms with Crippen molar-refractivity contribution in [2.75, 3.05) is 0 Å². The normalized spacial score (nSPS) is 17.2. The maximum atomic E-state index is 9.19. The monoisotopic (exact) mass is 263 g/mol. The van der Waals surface area contributed by atoms with Crippen LogP contribution < -0.4 is 0 Å². The summed E-state index contributed by atoms with van der Waals surface area (Å²) in [4.78, 5) is 0. The maximum absolute atomic E-state index is 9.19. The van der Waals surface area contributed by atoms with Crippen molar-refractivity contribution in [2.24, 2.45) is 5.11 Å². The summed E-state index contributed by atoms with van der Waals surface area (Å²) in [6.45, 7) is 5.59. The van der Waals surface area contributed by atoms with Crippen molar-refractivity contribution in [2.45, 2.75) is 25.2 Å². The molecule has 0 aromatic heterocycles. The highest BCUT2D eigenvalue weighted by Crippen LogP contribution is 2.47. The molecule has 3 heteroatoms. The molecule has 0 spiro atoms. The molecule has 100 valence electrons. The molecule has 1 aliphatic rings. The minimum atomic E-state index is -0.239. The van der Waals surface area contributed by atoms with E-state index in [1.165, 1.54) is 0 Å². The number of nitriles is 1. The van der Waals surface area contributed by atoms with E-state index >= 15 is 0 Å². The lowest BCUT2D eigenvalue weighted by Crippen LogP contribution is -2.01. The summed E-state index contributed by atoms with van der Waals surface area (Å²) in [5.74, 6) is 0. The predicted octanol–water partition coefficient (Wildman–Crippen LogP) is 4.75. The lowest BCUT2D eigenvalue weighted by atomic mass is 9.95. The average Bonchev–Trinajstić information content (AvgIpc) is 3.29. The van der Waals surface area contributed by atoms with Crippen molar-refractivity contribution in [3.8, 4) is 6.07 Å². The Hall–Kier alpha value is -2.47. The van der Waals surface area contributed by atoms with Gasteiger partial charge in [-0.25, -0.2) is 5.53 Å². The van der Waals surface area contributed by atoms with E-state index in [1.54, 1.807) is 19.1 Å². The van der Waals surface area contributed by atoms with Gasteiger partial charge in [-0.2, -0.15) is 10.4 Å². The fourth-order valence-electron chi connectivity index (χ4n) is 2.10. The van der Waals surface area contributed by atoms with E-state index in [0.717, 1.165) is 29.5 Å². The van der Waals surface area contributed by atoms with Crippen LogP contribution in [0.3, 0.4) is 0 Å². The zero-order valence-electron chi connectivity index (χ0n) is 11.6. The molecule has 0 aliphatic heterocycles.